The van der Waals surface area contributed by atoms with Gasteiger partial charge in [-0.25, -0.2) is 0 Å². The molecule has 0 radical (unpaired) electrons. The molecule has 1 N–H and O–H groups in total. The fourth-order valence-electron chi connectivity index (χ4n) is 1.31. The van der Waals surface area contributed by atoms with E-state index in [1.807, 2.05) is 12.4 Å². The molecule has 13 heavy (non-hydrogen) atoms. The van der Waals surface area contributed by atoms with Crippen molar-refractivity contribution in [2.24, 2.45) is 0 Å². The summed E-state index contributed by atoms with van der Waals surface area (Å²) < 4.78 is 0. The minimum absolute atomic E-state index is 0.989. The largest absolute Gasteiger partial charge is 0.312 e. The summed E-state index contributed by atoms with van der Waals surface area (Å²) in [6.07, 6.45) is 6.21. The van der Waals surface area contributed by atoms with E-state index in [1.165, 1.54) is 17.5 Å². The highest BCUT2D eigenvalue weighted by atomic mass is 14.9. The lowest BCUT2D eigenvalue weighted by Crippen LogP contribution is -2.23. The molecule has 1 aromatic heterocycles. The second-order valence-electron chi connectivity index (χ2n) is 3.28. The van der Waals surface area contributed by atoms with Gasteiger partial charge in [0.25, 0.3) is 0 Å². The first-order valence-electron chi connectivity index (χ1n) is 5.01. The molecule has 2 rings (SSSR count). The first kappa shape index (κ1) is 10.2. The van der Waals surface area contributed by atoms with Crippen LogP contribution in [-0.4, -0.2) is 11.5 Å². The third kappa shape index (κ3) is 3.15. The molecule has 72 valence electrons. The summed E-state index contributed by atoms with van der Waals surface area (Å²) in [7, 11) is 0. The topological polar surface area (TPSA) is 24.9 Å². The van der Waals surface area contributed by atoms with Gasteiger partial charge in [-0.1, -0.05) is 20.3 Å². The van der Waals surface area contributed by atoms with Crippen molar-refractivity contribution < 1.29 is 0 Å². The fraction of sp³-hybridized carbons (Fsp3) is 0.545. The quantitative estimate of drug-likeness (QED) is 0.658. The van der Waals surface area contributed by atoms with Gasteiger partial charge in [0.1, 0.15) is 0 Å². The third-order valence-corrected chi connectivity index (χ3v) is 1.89. The zero-order valence-corrected chi connectivity index (χ0v) is 8.51. The second-order valence-corrected chi connectivity index (χ2v) is 3.28. The minimum Gasteiger partial charge on any atom is -0.312 e. The van der Waals surface area contributed by atoms with Gasteiger partial charge in [-0.3, -0.25) is 4.98 Å². The average Bonchev–Trinajstić information content (AvgIpc) is 2.19. The molecule has 0 spiro atoms. The highest BCUT2D eigenvalue weighted by Crippen LogP contribution is 2.10. The molecule has 0 saturated carbocycles. The van der Waals surface area contributed by atoms with Crippen LogP contribution in [0.5, 0.6) is 0 Å². The van der Waals surface area contributed by atoms with Crippen molar-refractivity contribution >= 4 is 0 Å². The van der Waals surface area contributed by atoms with Gasteiger partial charge in [-0.15, -0.1) is 0 Å². The number of hydrogen-bond acceptors (Lipinski definition) is 2. The van der Waals surface area contributed by atoms with E-state index in [9.17, 15) is 0 Å². The molecule has 0 bridgehead atoms. The van der Waals surface area contributed by atoms with Gasteiger partial charge < -0.3 is 5.32 Å². The Kier molecular flexibility index (Phi) is 4.47. The summed E-state index contributed by atoms with van der Waals surface area (Å²) in [6.45, 7) is 6.35. The third-order valence-electron chi connectivity index (χ3n) is 1.89. The number of nitrogens with one attached hydrogen (secondary N) is 1. The van der Waals surface area contributed by atoms with Crippen molar-refractivity contribution in [3.8, 4) is 0 Å². The van der Waals surface area contributed by atoms with Gasteiger partial charge in [0.2, 0.25) is 0 Å². The van der Waals surface area contributed by atoms with E-state index in [0.717, 1.165) is 19.5 Å². The van der Waals surface area contributed by atoms with Gasteiger partial charge in [-0.2, -0.15) is 0 Å². The van der Waals surface area contributed by atoms with Crippen LogP contribution in [0.2, 0.25) is 0 Å². The smallest absolute Gasteiger partial charge is 0.0315 e. The van der Waals surface area contributed by atoms with Crippen molar-refractivity contribution in [1.82, 2.24) is 10.3 Å². The van der Waals surface area contributed by atoms with Crippen molar-refractivity contribution in [2.45, 2.75) is 33.2 Å². The lowest BCUT2D eigenvalue weighted by Gasteiger charge is -2.15. The molecule has 2 heterocycles. The molecule has 0 fully saturated rings. The normalized spacial score (nSPS) is 14.0. The van der Waals surface area contributed by atoms with Crippen LogP contribution in [0.15, 0.2) is 18.5 Å². The lowest BCUT2D eigenvalue weighted by molar-refractivity contribution is 0.641. The minimum atomic E-state index is 0.989. The van der Waals surface area contributed by atoms with Crippen LogP contribution in [0, 0.1) is 0 Å². The van der Waals surface area contributed by atoms with Gasteiger partial charge in [0, 0.05) is 18.9 Å². The van der Waals surface area contributed by atoms with E-state index < -0.39 is 0 Å². The summed E-state index contributed by atoms with van der Waals surface area (Å²) >= 11 is 0. The van der Waals surface area contributed by atoms with Crippen LogP contribution >= 0.6 is 0 Å². The Morgan fingerprint density at radius 1 is 1.38 bits per heavy atom. The average molecular weight is 178 g/mol. The summed E-state index contributed by atoms with van der Waals surface area (Å²) in [5, 5.41) is 3.30. The Bertz CT molecular complexity index is 221. The summed E-state index contributed by atoms with van der Waals surface area (Å²) in [5.41, 5.74) is 2.81. The first-order valence-corrected chi connectivity index (χ1v) is 5.01. The van der Waals surface area contributed by atoms with Gasteiger partial charge >= 0.3 is 0 Å². The molecule has 2 nitrogen and oxygen atoms in total. The Labute approximate surface area is 80.4 Å². The van der Waals surface area contributed by atoms with E-state index in [1.54, 1.807) is 0 Å². The maximum atomic E-state index is 4.06. The maximum absolute atomic E-state index is 4.06. The number of hydrogen-bond donors (Lipinski definition) is 1. The van der Waals surface area contributed by atoms with Gasteiger partial charge in [-0.05, 0) is 30.2 Å². The molecular formula is C11H18N2. The zero-order valence-electron chi connectivity index (χ0n) is 8.51. The number of fused-ring (bicyclic) bond motifs is 1. The number of pyridine rings is 1. The molecule has 0 atom stereocenters. The molecule has 0 amide bonds. The monoisotopic (exact) mass is 178 g/mol. The highest BCUT2D eigenvalue weighted by molar-refractivity contribution is 5.25. The summed E-state index contributed by atoms with van der Waals surface area (Å²) in [5.74, 6) is 0. The van der Waals surface area contributed by atoms with Crippen LogP contribution in [0.4, 0.5) is 0 Å². The van der Waals surface area contributed by atoms with Gasteiger partial charge in [0.05, 0.1) is 0 Å². The van der Waals surface area contributed by atoms with Crippen molar-refractivity contribution in [3.05, 3.63) is 29.6 Å². The molecule has 0 aromatic carbocycles. The lowest BCUT2D eigenvalue weighted by atomic mass is 10.0. The van der Waals surface area contributed by atoms with E-state index in [4.69, 9.17) is 0 Å². The van der Waals surface area contributed by atoms with E-state index in [-0.39, 0.29) is 0 Å². The SMILES string of the molecule is CCC.c1cc2c(cn1)CNCC2. The Morgan fingerprint density at radius 2 is 2.15 bits per heavy atom. The van der Waals surface area contributed by atoms with Gasteiger partial charge in [0.15, 0.2) is 0 Å². The van der Waals surface area contributed by atoms with E-state index in [2.05, 4.69) is 30.2 Å². The first-order chi connectivity index (χ1) is 6.38. The zero-order chi connectivity index (χ0) is 9.52. The second kappa shape index (κ2) is 5.70. The van der Waals surface area contributed by atoms with Crippen LogP contribution in [0.25, 0.3) is 0 Å². The predicted molar refractivity (Wildman–Crippen MR) is 55.6 cm³/mol. The van der Waals surface area contributed by atoms with E-state index >= 15 is 0 Å². The molecule has 0 saturated heterocycles. The Balaban J connectivity index is 0.000000251. The molecular weight excluding hydrogens is 160 g/mol. The highest BCUT2D eigenvalue weighted by Gasteiger charge is 2.05. The van der Waals surface area contributed by atoms with Crippen molar-refractivity contribution in [2.75, 3.05) is 6.54 Å². The molecule has 0 unspecified atom stereocenters. The van der Waals surface area contributed by atoms with Crippen LogP contribution in [-0.2, 0) is 13.0 Å². The predicted octanol–water partition coefficient (Wildman–Crippen LogP) is 2.14. The summed E-state index contributed by atoms with van der Waals surface area (Å²) in [6, 6.07) is 2.11. The van der Waals surface area contributed by atoms with Crippen LogP contribution in [0.3, 0.4) is 0 Å². The van der Waals surface area contributed by atoms with Crippen molar-refractivity contribution in [3.63, 3.8) is 0 Å². The van der Waals surface area contributed by atoms with Crippen LogP contribution in [0.1, 0.15) is 31.4 Å². The summed E-state index contributed by atoms with van der Waals surface area (Å²) in [4.78, 5) is 4.06. The fourth-order valence-corrected chi connectivity index (χ4v) is 1.31. The molecule has 1 aromatic rings. The van der Waals surface area contributed by atoms with E-state index in [0.29, 0.717) is 0 Å². The number of nitrogens with zero attached hydrogens (tertiary/aromatic N) is 1. The standard InChI is InChI=1S/C8H10N2.C3H8/c1-3-9-5-8-6-10-4-2-7(1)8;1-3-2/h1,3,5,10H,2,4,6H2;3H2,1-2H3. The number of rotatable bonds is 0. The van der Waals surface area contributed by atoms with Crippen molar-refractivity contribution in [1.29, 1.82) is 0 Å². The molecule has 0 aliphatic carbocycles. The Morgan fingerprint density at radius 3 is 2.85 bits per heavy atom. The Hall–Kier alpha value is -0.890. The molecule has 2 heteroatoms. The molecule has 1 aliphatic heterocycles. The maximum Gasteiger partial charge on any atom is 0.0315 e. The van der Waals surface area contributed by atoms with Crippen LogP contribution < -0.4 is 5.32 Å². The molecule has 1 aliphatic rings. The number of aromatic nitrogens is 1.